The van der Waals surface area contributed by atoms with Crippen LogP contribution < -0.4 is 14.6 Å². The van der Waals surface area contributed by atoms with E-state index in [-0.39, 0.29) is 23.1 Å². The van der Waals surface area contributed by atoms with Crippen molar-refractivity contribution in [3.8, 4) is 11.5 Å². The first-order chi connectivity index (χ1) is 7.58. The Kier molecular flexibility index (Phi) is 4.39. The van der Waals surface area contributed by atoms with E-state index in [1.807, 2.05) is 0 Å². The van der Waals surface area contributed by atoms with Crippen LogP contribution in [0.1, 0.15) is 5.56 Å². The van der Waals surface area contributed by atoms with Gasteiger partial charge in [0.2, 0.25) is 0 Å². The van der Waals surface area contributed by atoms with Crippen LogP contribution in [-0.4, -0.2) is 24.8 Å². The predicted octanol–water partition coefficient (Wildman–Crippen LogP) is -0.0304. The normalized spacial score (nSPS) is 9.94. The molecule has 0 aliphatic carbocycles. The SMILES string of the molecule is COc1cc(CO)cc(Cl)c1OCC(=O)[O-]. The van der Waals surface area contributed by atoms with E-state index < -0.39 is 12.6 Å². The molecule has 88 valence electrons. The van der Waals surface area contributed by atoms with Gasteiger partial charge in [0, 0.05) is 0 Å². The molecule has 1 rings (SSSR count). The van der Waals surface area contributed by atoms with Gasteiger partial charge in [-0.05, 0) is 17.7 Å². The van der Waals surface area contributed by atoms with Crippen molar-refractivity contribution < 1.29 is 24.5 Å². The summed E-state index contributed by atoms with van der Waals surface area (Å²) in [6, 6.07) is 2.98. The highest BCUT2D eigenvalue weighted by atomic mass is 35.5. The van der Waals surface area contributed by atoms with Gasteiger partial charge in [-0.1, -0.05) is 11.6 Å². The summed E-state index contributed by atoms with van der Waals surface area (Å²) in [5.74, 6) is -0.979. The van der Waals surface area contributed by atoms with Crippen molar-refractivity contribution in [1.82, 2.24) is 0 Å². The lowest BCUT2D eigenvalue weighted by atomic mass is 10.2. The molecule has 0 aliphatic rings. The number of hydrogen-bond acceptors (Lipinski definition) is 5. The molecule has 0 saturated heterocycles. The number of carboxylic acids is 1. The summed E-state index contributed by atoms with van der Waals surface area (Å²) in [5.41, 5.74) is 0.544. The number of carbonyl (C=O) groups is 1. The highest BCUT2D eigenvalue weighted by molar-refractivity contribution is 6.32. The molecule has 0 radical (unpaired) electrons. The van der Waals surface area contributed by atoms with Crippen molar-refractivity contribution in [3.05, 3.63) is 22.7 Å². The molecular weight excluding hydrogens is 236 g/mol. The van der Waals surface area contributed by atoms with E-state index in [9.17, 15) is 9.90 Å². The summed E-state index contributed by atoms with van der Waals surface area (Å²) in [6.07, 6.45) is 0. The van der Waals surface area contributed by atoms with Gasteiger partial charge in [-0.15, -0.1) is 0 Å². The predicted molar refractivity (Wildman–Crippen MR) is 54.4 cm³/mol. The second kappa shape index (κ2) is 5.58. The Balaban J connectivity index is 3.01. The van der Waals surface area contributed by atoms with Crippen molar-refractivity contribution in [3.63, 3.8) is 0 Å². The van der Waals surface area contributed by atoms with Crippen LogP contribution >= 0.6 is 11.6 Å². The minimum atomic E-state index is -1.36. The van der Waals surface area contributed by atoms with Crippen LogP contribution in [0.3, 0.4) is 0 Å². The highest BCUT2D eigenvalue weighted by Gasteiger charge is 2.11. The maximum Gasteiger partial charge on any atom is 0.180 e. The van der Waals surface area contributed by atoms with E-state index in [2.05, 4.69) is 0 Å². The third-order valence-corrected chi connectivity index (χ3v) is 2.09. The quantitative estimate of drug-likeness (QED) is 0.788. The number of hydrogen-bond donors (Lipinski definition) is 1. The monoisotopic (exact) mass is 245 g/mol. The Morgan fingerprint density at radius 2 is 2.25 bits per heavy atom. The summed E-state index contributed by atoms with van der Waals surface area (Å²) in [7, 11) is 1.39. The van der Waals surface area contributed by atoms with Crippen LogP contribution in [0.15, 0.2) is 12.1 Å². The number of carboxylic acid groups (broad SMARTS) is 1. The van der Waals surface area contributed by atoms with Crippen molar-refractivity contribution >= 4 is 17.6 Å². The van der Waals surface area contributed by atoms with Crippen LogP contribution in [0, 0.1) is 0 Å². The second-order valence-corrected chi connectivity index (χ2v) is 3.34. The smallest absolute Gasteiger partial charge is 0.180 e. The second-order valence-electron chi connectivity index (χ2n) is 2.93. The van der Waals surface area contributed by atoms with Gasteiger partial charge in [0.1, 0.15) is 6.61 Å². The fraction of sp³-hybridized carbons (Fsp3) is 0.300. The zero-order valence-corrected chi connectivity index (χ0v) is 9.28. The average Bonchev–Trinajstić information content (AvgIpc) is 2.26. The third kappa shape index (κ3) is 3.01. The fourth-order valence-corrected chi connectivity index (χ4v) is 1.42. The molecule has 16 heavy (non-hydrogen) atoms. The summed E-state index contributed by atoms with van der Waals surface area (Å²) in [4.78, 5) is 10.2. The molecule has 1 aromatic carbocycles. The topological polar surface area (TPSA) is 78.8 Å². The molecule has 0 bridgehead atoms. The Hall–Kier alpha value is -1.46. The lowest BCUT2D eigenvalue weighted by Crippen LogP contribution is -2.29. The number of methoxy groups -OCH3 is 1. The lowest BCUT2D eigenvalue weighted by Gasteiger charge is -2.13. The molecule has 0 heterocycles. The minimum Gasteiger partial charge on any atom is -0.546 e. The lowest BCUT2D eigenvalue weighted by molar-refractivity contribution is -0.307. The number of aliphatic hydroxyl groups is 1. The largest absolute Gasteiger partial charge is 0.546 e. The zero-order valence-electron chi connectivity index (χ0n) is 8.53. The Labute approximate surface area is 97.2 Å². The Bertz CT molecular complexity index is 391. The molecule has 0 saturated carbocycles. The van der Waals surface area contributed by atoms with Crippen molar-refractivity contribution in [2.75, 3.05) is 13.7 Å². The fourth-order valence-electron chi connectivity index (χ4n) is 1.14. The number of benzene rings is 1. The number of aliphatic hydroxyl groups excluding tert-OH is 1. The number of rotatable bonds is 5. The van der Waals surface area contributed by atoms with Crippen LogP contribution in [0.5, 0.6) is 11.5 Å². The minimum absolute atomic E-state index is 0.116. The summed E-state index contributed by atoms with van der Waals surface area (Å²) >= 11 is 5.85. The molecule has 0 aromatic heterocycles. The highest BCUT2D eigenvalue weighted by Crippen LogP contribution is 2.36. The van der Waals surface area contributed by atoms with Gasteiger partial charge in [-0.2, -0.15) is 0 Å². The summed E-state index contributed by atoms with van der Waals surface area (Å²) in [5, 5.41) is 19.3. The molecule has 0 amide bonds. The number of aliphatic carboxylic acids is 1. The van der Waals surface area contributed by atoms with E-state index in [0.29, 0.717) is 5.56 Å². The third-order valence-electron chi connectivity index (χ3n) is 1.81. The molecule has 0 aliphatic heterocycles. The van der Waals surface area contributed by atoms with E-state index in [0.717, 1.165) is 0 Å². The molecule has 6 heteroatoms. The van der Waals surface area contributed by atoms with Crippen LogP contribution in [0.4, 0.5) is 0 Å². The van der Waals surface area contributed by atoms with Gasteiger partial charge in [0.15, 0.2) is 11.5 Å². The molecule has 0 fully saturated rings. The number of halogens is 1. The van der Waals surface area contributed by atoms with Crippen LogP contribution in [-0.2, 0) is 11.4 Å². The van der Waals surface area contributed by atoms with E-state index >= 15 is 0 Å². The van der Waals surface area contributed by atoms with Crippen LogP contribution in [0.2, 0.25) is 5.02 Å². The molecule has 0 unspecified atom stereocenters. The first-order valence-corrected chi connectivity index (χ1v) is 4.76. The van der Waals surface area contributed by atoms with E-state index in [4.69, 9.17) is 26.2 Å². The Morgan fingerprint density at radius 3 is 2.75 bits per heavy atom. The van der Waals surface area contributed by atoms with Gasteiger partial charge in [-0.3, -0.25) is 0 Å². The molecule has 5 nitrogen and oxygen atoms in total. The molecule has 1 aromatic rings. The zero-order chi connectivity index (χ0) is 12.1. The number of carbonyl (C=O) groups excluding carboxylic acids is 1. The molecule has 0 spiro atoms. The van der Waals surface area contributed by atoms with Crippen molar-refractivity contribution in [1.29, 1.82) is 0 Å². The summed E-state index contributed by atoms with van der Waals surface area (Å²) in [6.45, 7) is -0.814. The van der Waals surface area contributed by atoms with E-state index in [1.165, 1.54) is 19.2 Å². The molecular formula is C10H10ClO5-. The van der Waals surface area contributed by atoms with Gasteiger partial charge in [0.05, 0.1) is 24.7 Å². The van der Waals surface area contributed by atoms with Gasteiger partial charge < -0.3 is 24.5 Å². The number of ether oxygens (including phenoxy) is 2. The van der Waals surface area contributed by atoms with Gasteiger partial charge >= 0.3 is 0 Å². The van der Waals surface area contributed by atoms with E-state index in [1.54, 1.807) is 0 Å². The van der Waals surface area contributed by atoms with Crippen molar-refractivity contribution in [2.45, 2.75) is 6.61 Å². The van der Waals surface area contributed by atoms with Crippen molar-refractivity contribution in [2.24, 2.45) is 0 Å². The Morgan fingerprint density at radius 1 is 1.56 bits per heavy atom. The summed E-state index contributed by atoms with van der Waals surface area (Å²) < 4.78 is 9.89. The first kappa shape index (κ1) is 12.6. The molecule has 0 atom stereocenters. The maximum absolute atomic E-state index is 10.2. The van der Waals surface area contributed by atoms with Crippen LogP contribution in [0.25, 0.3) is 0 Å². The molecule has 1 N–H and O–H groups in total. The average molecular weight is 246 g/mol. The van der Waals surface area contributed by atoms with Gasteiger partial charge in [-0.25, -0.2) is 0 Å². The van der Waals surface area contributed by atoms with Gasteiger partial charge in [0.25, 0.3) is 0 Å². The maximum atomic E-state index is 10.2. The first-order valence-electron chi connectivity index (χ1n) is 4.38. The standard InChI is InChI=1S/C10H11ClO5/c1-15-8-3-6(4-12)2-7(11)10(8)16-5-9(13)14/h2-3,12H,4-5H2,1H3,(H,13,14)/p-1.